The molecule has 0 aromatic heterocycles. The first-order valence-corrected chi connectivity index (χ1v) is 4.72. The molecule has 84 valence electrons. The van der Waals surface area contributed by atoms with Gasteiger partial charge in [0.2, 0.25) is 11.8 Å². The van der Waals surface area contributed by atoms with Crippen molar-refractivity contribution in [3.05, 3.63) is 12.7 Å². The second-order valence-electron chi connectivity index (χ2n) is 3.94. The maximum Gasteiger partial charge on any atom is 0.248 e. The minimum Gasteiger partial charge on any atom is -0.375 e. The van der Waals surface area contributed by atoms with Gasteiger partial charge in [0, 0.05) is 20.2 Å². The summed E-state index contributed by atoms with van der Waals surface area (Å²) in [5.41, 5.74) is -0.325. The zero-order chi connectivity index (χ0) is 11.5. The molecule has 0 unspecified atom stereocenters. The number of hydrogen-bond acceptors (Lipinski definition) is 3. The van der Waals surface area contributed by atoms with Crippen molar-refractivity contribution in [2.75, 3.05) is 26.8 Å². The molecule has 1 N–H and O–H groups in total. The van der Waals surface area contributed by atoms with Gasteiger partial charge in [-0.1, -0.05) is 6.58 Å². The number of carbonyl (C=O) groups excluding carboxylic acids is 2. The Morgan fingerprint density at radius 2 is 2.20 bits per heavy atom. The average Bonchev–Trinajstić information content (AvgIpc) is 2.14. The van der Waals surface area contributed by atoms with Crippen molar-refractivity contribution in [2.45, 2.75) is 12.5 Å². The first-order valence-electron chi connectivity index (χ1n) is 4.72. The highest BCUT2D eigenvalue weighted by molar-refractivity contribution is 5.88. The molecule has 0 bridgehead atoms. The van der Waals surface area contributed by atoms with Gasteiger partial charge < -0.3 is 15.0 Å². The Morgan fingerprint density at radius 1 is 1.60 bits per heavy atom. The molecule has 0 radical (unpaired) electrons. The van der Waals surface area contributed by atoms with E-state index in [1.54, 1.807) is 4.90 Å². The lowest BCUT2D eigenvalue weighted by atomic mass is 9.92. The van der Waals surface area contributed by atoms with Crippen molar-refractivity contribution in [1.29, 1.82) is 0 Å². The van der Waals surface area contributed by atoms with Gasteiger partial charge in [-0.05, 0) is 13.0 Å². The van der Waals surface area contributed by atoms with E-state index in [0.717, 1.165) is 0 Å². The van der Waals surface area contributed by atoms with Crippen LogP contribution in [0, 0.1) is 0 Å². The molecule has 2 amide bonds. The molecule has 5 heteroatoms. The lowest BCUT2D eigenvalue weighted by Gasteiger charge is -2.48. The molecule has 0 atom stereocenters. The van der Waals surface area contributed by atoms with Gasteiger partial charge in [0.1, 0.15) is 6.61 Å². The number of nitrogens with one attached hydrogen (secondary N) is 1. The van der Waals surface area contributed by atoms with E-state index >= 15 is 0 Å². The number of likely N-dealkylation sites (tertiary alicyclic amines) is 1. The summed E-state index contributed by atoms with van der Waals surface area (Å²) in [5.74, 6) is -0.265. The number of carbonyl (C=O) groups is 2. The molecule has 1 fully saturated rings. The number of amides is 2. The Balaban J connectivity index is 2.37. The molecule has 1 saturated heterocycles. The van der Waals surface area contributed by atoms with Crippen LogP contribution in [-0.2, 0) is 14.3 Å². The summed E-state index contributed by atoms with van der Waals surface area (Å²) < 4.78 is 4.74. The molecule has 0 aliphatic carbocycles. The zero-order valence-corrected chi connectivity index (χ0v) is 9.08. The molecule has 1 heterocycles. The molecular formula is C10H16N2O3. The topological polar surface area (TPSA) is 58.6 Å². The summed E-state index contributed by atoms with van der Waals surface area (Å²) in [4.78, 5) is 24.0. The van der Waals surface area contributed by atoms with Gasteiger partial charge >= 0.3 is 0 Å². The largest absolute Gasteiger partial charge is 0.375 e. The Kier molecular flexibility index (Phi) is 3.47. The second-order valence-corrected chi connectivity index (χ2v) is 3.94. The van der Waals surface area contributed by atoms with Gasteiger partial charge in [-0.2, -0.15) is 0 Å². The van der Waals surface area contributed by atoms with Gasteiger partial charge in [-0.25, -0.2) is 0 Å². The van der Waals surface area contributed by atoms with Crippen molar-refractivity contribution in [3.63, 3.8) is 0 Å². The fourth-order valence-corrected chi connectivity index (χ4v) is 1.61. The van der Waals surface area contributed by atoms with Gasteiger partial charge in [-0.3, -0.25) is 9.59 Å². The SMILES string of the molecule is C=CC(=O)NC1(C)CN(C(=O)COC)C1. The van der Waals surface area contributed by atoms with Crippen LogP contribution in [0.15, 0.2) is 12.7 Å². The number of methoxy groups -OCH3 is 1. The first kappa shape index (κ1) is 11.7. The number of nitrogens with zero attached hydrogens (tertiary/aromatic N) is 1. The van der Waals surface area contributed by atoms with Crippen LogP contribution in [0.4, 0.5) is 0 Å². The van der Waals surface area contributed by atoms with Crippen molar-refractivity contribution >= 4 is 11.8 Å². The molecule has 0 aromatic rings. The summed E-state index contributed by atoms with van der Waals surface area (Å²) in [6.07, 6.45) is 1.23. The van der Waals surface area contributed by atoms with E-state index < -0.39 is 0 Å². The second kappa shape index (κ2) is 4.44. The Morgan fingerprint density at radius 3 is 2.67 bits per heavy atom. The Hall–Kier alpha value is -1.36. The third-order valence-electron chi connectivity index (χ3n) is 2.31. The van der Waals surface area contributed by atoms with Crippen LogP contribution in [0.25, 0.3) is 0 Å². The minimum absolute atomic E-state index is 0.0529. The smallest absolute Gasteiger partial charge is 0.248 e. The first-order chi connectivity index (χ1) is 7.00. The van der Waals surface area contributed by atoms with Gasteiger partial charge in [0.25, 0.3) is 0 Å². The van der Waals surface area contributed by atoms with Crippen LogP contribution in [0.3, 0.4) is 0 Å². The lowest BCUT2D eigenvalue weighted by molar-refractivity contribution is -0.144. The van der Waals surface area contributed by atoms with E-state index in [1.165, 1.54) is 13.2 Å². The predicted octanol–water partition coefficient (Wildman–Crippen LogP) is -0.464. The summed E-state index contributed by atoms with van der Waals surface area (Å²) in [5, 5.41) is 2.78. The van der Waals surface area contributed by atoms with E-state index in [2.05, 4.69) is 11.9 Å². The van der Waals surface area contributed by atoms with E-state index in [1.807, 2.05) is 6.92 Å². The highest BCUT2D eigenvalue weighted by Gasteiger charge is 2.41. The predicted molar refractivity (Wildman–Crippen MR) is 55.2 cm³/mol. The monoisotopic (exact) mass is 212 g/mol. The maximum atomic E-state index is 11.3. The molecule has 1 rings (SSSR count). The van der Waals surface area contributed by atoms with E-state index in [0.29, 0.717) is 13.1 Å². The fourth-order valence-electron chi connectivity index (χ4n) is 1.61. The van der Waals surface area contributed by atoms with Crippen molar-refractivity contribution in [1.82, 2.24) is 10.2 Å². The Bertz CT molecular complexity index is 282. The average molecular weight is 212 g/mol. The third-order valence-corrected chi connectivity index (χ3v) is 2.31. The third kappa shape index (κ3) is 2.79. The molecular weight excluding hydrogens is 196 g/mol. The van der Waals surface area contributed by atoms with Crippen molar-refractivity contribution in [3.8, 4) is 0 Å². The highest BCUT2D eigenvalue weighted by Crippen LogP contribution is 2.20. The minimum atomic E-state index is -0.325. The molecule has 0 spiro atoms. The lowest BCUT2D eigenvalue weighted by Crippen LogP contribution is -2.69. The number of rotatable bonds is 4. The summed E-state index contributed by atoms with van der Waals surface area (Å²) in [6.45, 7) is 6.40. The van der Waals surface area contributed by atoms with E-state index in [-0.39, 0.29) is 24.0 Å². The van der Waals surface area contributed by atoms with Crippen LogP contribution < -0.4 is 5.32 Å². The van der Waals surface area contributed by atoms with E-state index in [9.17, 15) is 9.59 Å². The molecule has 1 aliphatic rings. The van der Waals surface area contributed by atoms with Crippen LogP contribution in [0.5, 0.6) is 0 Å². The summed E-state index contributed by atoms with van der Waals surface area (Å²) in [6, 6.07) is 0. The molecule has 1 aliphatic heterocycles. The zero-order valence-electron chi connectivity index (χ0n) is 9.08. The van der Waals surface area contributed by atoms with E-state index in [4.69, 9.17) is 4.74 Å². The molecule has 0 aromatic carbocycles. The van der Waals surface area contributed by atoms with Crippen LogP contribution in [0.1, 0.15) is 6.92 Å². The highest BCUT2D eigenvalue weighted by atomic mass is 16.5. The summed E-state index contributed by atoms with van der Waals surface area (Å²) >= 11 is 0. The van der Waals surface area contributed by atoms with Gasteiger partial charge in [0.05, 0.1) is 5.54 Å². The van der Waals surface area contributed by atoms with Crippen LogP contribution >= 0.6 is 0 Å². The van der Waals surface area contributed by atoms with Crippen LogP contribution in [0.2, 0.25) is 0 Å². The number of hydrogen-bond donors (Lipinski definition) is 1. The standard InChI is InChI=1S/C10H16N2O3/c1-4-8(13)11-10(2)6-12(7-10)9(14)5-15-3/h4H,1,5-7H2,2-3H3,(H,11,13). The molecule has 5 nitrogen and oxygen atoms in total. The van der Waals surface area contributed by atoms with Crippen molar-refractivity contribution < 1.29 is 14.3 Å². The van der Waals surface area contributed by atoms with Crippen molar-refractivity contribution in [2.24, 2.45) is 0 Å². The quantitative estimate of drug-likeness (QED) is 0.641. The molecule has 15 heavy (non-hydrogen) atoms. The van der Waals surface area contributed by atoms with Gasteiger partial charge in [-0.15, -0.1) is 0 Å². The Labute approximate surface area is 89.1 Å². The summed E-state index contributed by atoms with van der Waals surface area (Å²) in [7, 11) is 1.48. The molecule has 0 saturated carbocycles. The fraction of sp³-hybridized carbons (Fsp3) is 0.600. The van der Waals surface area contributed by atoms with Crippen LogP contribution in [-0.4, -0.2) is 49.1 Å². The van der Waals surface area contributed by atoms with Gasteiger partial charge in [0.15, 0.2) is 0 Å². The number of ether oxygens (including phenoxy) is 1. The maximum absolute atomic E-state index is 11.3. The normalized spacial score (nSPS) is 17.9.